The number of carboxylic acid groups (broad SMARTS) is 1. The third-order valence-electron chi connectivity index (χ3n) is 4.38. The van der Waals surface area contributed by atoms with Gasteiger partial charge in [0, 0.05) is 12.3 Å². The Balaban J connectivity index is 1.65. The van der Waals surface area contributed by atoms with Crippen molar-refractivity contribution in [3.8, 4) is 0 Å². The zero-order valence-corrected chi connectivity index (χ0v) is 13.3. The van der Waals surface area contributed by atoms with Crippen LogP contribution in [-0.2, 0) is 16.0 Å². The van der Waals surface area contributed by atoms with E-state index in [2.05, 4.69) is 5.32 Å². The minimum absolute atomic E-state index is 0.160. The molecule has 0 radical (unpaired) electrons. The molecule has 25 heavy (non-hydrogen) atoms. The second kappa shape index (κ2) is 7.01. The maximum absolute atomic E-state index is 13.8. The number of carbonyl (C=O) groups is 2. The van der Waals surface area contributed by atoms with E-state index in [1.54, 1.807) is 24.3 Å². The van der Waals surface area contributed by atoms with Crippen molar-refractivity contribution >= 4 is 11.9 Å². The fourth-order valence-electron chi connectivity index (χ4n) is 2.96. The first-order valence-electron chi connectivity index (χ1n) is 7.97. The van der Waals surface area contributed by atoms with Crippen molar-refractivity contribution < 1.29 is 23.5 Å². The SMILES string of the molecule is O=C(O)C(Cc1ccccc1)NC(=O)C1CC1c1cc(F)ccc1F. The van der Waals surface area contributed by atoms with Gasteiger partial charge in [0.15, 0.2) is 0 Å². The topological polar surface area (TPSA) is 66.4 Å². The van der Waals surface area contributed by atoms with E-state index in [0.717, 1.165) is 23.8 Å². The number of hydrogen-bond acceptors (Lipinski definition) is 2. The predicted octanol–water partition coefficient (Wildman–Crippen LogP) is 2.88. The van der Waals surface area contributed by atoms with Gasteiger partial charge in [0.2, 0.25) is 5.91 Å². The van der Waals surface area contributed by atoms with Crippen LogP contribution in [0.15, 0.2) is 48.5 Å². The summed E-state index contributed by atoms with van der Waals surface area (Å²) in [5, 5.41) is 11.8. The van der Waals surface area contributed by atoms with Gasteiger partial charge in [-0.1, -0.05) is 30.3 Å². The molecule has 2 aromatic carbocycles. The Morgan fingerprint density at radius 3 is 2.56 bits per heavy atom. The first-order chi connectivity index (χ1) is 12.0. The highest BCUT2D eigenvalue weighted by Gasteiger charge is 2.46. The molecule has 1 saturated carbocycles. The first kappa shape index (κ1) is 17.1. The highest BCUT2D eigenvalue weighted by molar-refractivity contribution is 5.87. The van der Waals surface area contributed by atoms with Crippen LogP contribution in [0.4, 0.5) is 8.78 Å². The summed E-state index contributed by atoms with van der Waals surface area (Å²) in [7, 11) is 0. The molecule has 0 saturated heterocycles. The molecule has 0 aliphatic heterocycles. The van der Waals surface area contributed by atoms with Gasteiger partial charge in [-0.25, -0.2) is 13.6 Å². The van der Waals surface area contributed by atoms with Crippen LogP contribution in [0.5, 0.6) is 0 Å². The molecule has 6 heteroatoms. The molecule has 4 nitrogen and oxygen atoms in total. The maximum atomic E-state index is 13.8. The van der Waals surface area contributed by atoms with E-state index in [4.69, 9.17) is 0 Å². The van der Waals surface area contributed by atoms with Gasteiger partial charge in [-0.3, -0.25) is 4.79 Å². The van der Waals surface area contributed by atoms with E-state index in [1.165, 1.54) is 0 Å². The maximum Gasteiger partial charge on any atom is 0.326 e. The molecule has 1 aliphatic carbocycles. The summed E-state index contributed by atoms with van der Waals surface area (Å²) in [5.41, 5.74) is 0.953. The number of nitrogens with one attached hydrogen (secondary N) is 1. The highest BCUT2D eigenvalue weighted by atomic mass is 19.1. The molecule has 0 spiro atoms. The molecule has 3 rings (SSSR count). The Bertz CT molecular complexity index is 795. The van der Waals surface area contributed by atoms with Crippen LogP contribution in [0.3, 0.4) is 0 Å². The minimum atomic E-state index is -1.13. The molecule has 0 aromatic heterocycles. The monoisotopic (exact) mass is 345 g/mol. The van der Waals surface area contributed by atoms with Gasteiger partial charge in [-0.2, -0.15) is 0 Å². The molecule has 1 fully saturated rings. The minimum Gasteiger partial charge on any atom is -0.480 e. The number of aliphatic carboxylic acids is 1. The average Bonchev–Trinajstić information content (AvgIpc) is 3.38. The lowest BCUT2D eigenvalue weighted by molar-refractivity contribution is -0.142. The second-order valence-electron chi connectivity index (χ2n) is 6.20. The Hall–Kier alpha value is -2.76. The predicted molar refractivity (Wildman–Crippen MR) is 86.9 cm³/mol. The summed E-state index contributed by atoms with van der Waals surface area (Å²) in [4.78, 5) is 23.7. The smallest absolute Gasteiger partial charge is 0.326 e. The lowest BCUT2D eigenvalue weighted by atomic mass is 10.0. The third-order valence-corrected chi connectivity index (χ3v) is 4.38. The summed E-state index contributed by atoms with van der Waals surface area (Å²) in [5.74, 6) is -3.64. The molecule has 1 amide bonds. The molecule has 0 heterocycles. The number of hydrogen-bond donors (Lipinski definition) is 2. The average molecular weight is 345 g/mol. The highest BCUT2D eigenvalue weighted by Crippen LogP contribution is 2.48. The van der Waals surface area contributed by atoms with Crippen LogP contribution in [0.2, 0.25) is 0 Å². The van der Waals surface area contributed by atoms with Crippen LogP contribution in [-0.4, -0.2) is 23.0 Å². The number of rotatable bonds is 6. The van der Waals surface area contributed by atoms with Gasteiger partial charge in [0.25, 0.3) is 0 Å². The normalized spacial score (nSPS) is 19.9. The molecule has 2 N–H and O–H groups in total. The van der Waals surface area contributed by atoms with Crippen LogP contribution in [0, 0.1) is 17.6 Å². The fourth-order valence-corrected chi connectivity index (χ4v) is 2.96. The van der Waals surface area contributed by atoms with Crippen molar-refractivity contribution in [3.63, 3.8) is 0 Å². The first-order valence-corrected chi connectivity index (χ1v) is 7.97. The largest absolute Gasteiger partial charge is 0.480 e. The Morgan fingerprint density at radius 1 is 1.16 bits per heavy atom. The summed E-state index contributed by atoms with van der Waals surface area (Å²) >= 11 is 0. The quantitative estimate of drug-likeness (QED) is 0.846. The zero-order chi connectivity index (χ0) is 18.0. The molecular formula is C19H17F2NO3. The van der Waals surface area contributed by atoms with E-state index in [-0.39, 0.29) is 12.0 Å². The molecule has 0 bridgehead atoms. The van der Waals surface area contributed by atoms with E-state index in [9.17, 15) is 23.5 Å². The van der Waals surface area contributed by atoms with Crippen molar-refractivity contribution in [2.75, 3.05) is 0 Å². The van der Waals surface area contributed by atoms with Crippen molar-refractivity contribution in [2.45, 2.75) is 24.8 Å². The summed E-state index contributed by atoms with van der Waals surface area (Å²) in [6, 6.07) is 11.1. The fraction of sp³-hybridized carbons (Fsp3) is 0.263. The van der Waals surface area contributed by atoms with E-state index < -0.39 is 41.4 Å². The zero-order valence-electron chi connectivity index (χ0n) is 13.3. The van der Waals surface area contributed by atoms with E-state index >= 15 is 0 Å². The molecule has 3 unspecified atom stereocenters. The van der Waals surface area contributed by atoms with Crippen LogP contribution in [0.1, 0.15) is 23.5 Å². The van der Waals surface area contributed by atoms with Gasteiger partial charge < -0.3 is 10.4 Å². The third kappa shape index (κ3) is 4.02. The second-order valence-corrected chi connectivity index (χ2v) is 6.20. The van der Waals surface area contributed by atoms with E-state index in [0.29, 0.717) is 6.42 Å². The number of carbonyl (C=O) groups excluding carboxylic acids is 1. The molecule has 130 valence electrons. The van der Waals surface area contributed by atoms with Crippen molar-refractivity contribution in [2.24, 2.45) is 5.92 Å². The Morgan fingerprint density at radius 2 is 1.88 bits per heavy atom. The summed E-state index contributed by atoms with van der Waals surface area (Å²) in [6.07, 6.45) is 0.539. The number of carboxylic acids is 1. The Kier molecular flexibility index (Phi) is 4.79. The van der Waals surface area contributed by atoms with Gasteiger partial charge in [-0.05, 0) is 41.7 Å². The lowest BCUT2D eigenvalue weighted by Gasteiger charge is -2.15. The van der Waals surface area contributed by atoms with Crippen molar-refractivity contribution in [1.29, 1.82) is 0 Å². The van der Waals surface area contributed by atoms with Crippen LogP contribution in [0.25, 0.3) is 0 Å². The van der Waals surface area contributed by atoms with Gasteiger partial charge >= 0.3 is 5.97 Å². The molecular weight excluding hydrogens is 328 g/mol. The molecule has 3 atom stereocenters. The lowest BCUT2D eigenvalue weighted by Crippen LogP contribution is -2.43. The van der Waals surface area contributed by atoms with Crippen LogP contribution >= 0.6 is 0 Å². The van der Waals surface area contributed by atoms with Gasteiger partial charge in [0.05, 0.1) is 0 Å². The number of amides is 1. The Labute approximate surface area is 143 Å². The standard InChI is InChI=1S/C19H17F2NO3/c20-12-6-7-16(21)14(9-12)13-10-15(13)18(23)22-17(19(24)25)8-11-4-2-1-3-5-11/h1-7,9,13,15,17H,8,10H2,(H,22,23)(H,24,25). The molecule has 1 aliphatic rings. The van der Waals surface area contributed by atoms with Crippen molar-refractivity contribution in [1.82, 2.24) is 5.32 Å². The molecule has 2 aromatic rings. The van der Waals surface area contributed by atoms with Crippen molar-refractivity contribution in [3.05, 3.63) is 71.3 Å². The summed E-state index contributed by atoms with van der Waals surface area (Å²) in [6.45, 7) is 0. The van der Waals surface area contributed by atoms with Gasteiger partial charge in [-0.15, -0.1) is 0 Å². The van der Waals surface area contributed by atoms with Crippen LogP contribution < -0.4 is 5.32 Å². The summed E-state index contributed by atoms with van der Waals surface area (Å²) < 4.78 is 27.1. The van der Waals surface area contributed by atoms with E-state index in [1.807, 2.05) is 6.07 Å². The van der Waals surface area contributed by atoms with Gasteiger partial charge in [0.1, 0.15) is 17.7 Å². The number of halogens is 2. The number of benzene rings is 2.